The zero-order valence-electron chi connectivity index (χ0n) is 31.2. The highest BCUT2D eigenvalue weighted by Gasteiger charge is 2.24. The third kappa shape index (κ3) is 8.79. The number of nitrogens with zero attached hydrogens (tertiary/aromatic N) is 4. The SMILES string of the molecule is COC(C)CNc1cc(-c2cc(C)c(=O)n(C)c2)ccc1N.COC(C)Cn1c(C2CCOCC2)nc2ccc(-c3cc(C)c(=O)n(C)c3)cc21. The van der Waals surface area contributed by atoms with Crippen molar-refractivity contribution >= 4 is 22.4 Å². The van der Waals surface area contributed by atoms with E-state index >= 15 is 0 Å². The van der Waals surface area contributed by atoms with E-state index in [4.69, 9.17) is 24.9 Å². The van der Waals surface area contributed by atoms with Crippen LogP contribution in [0.15, 0.2) is 70.5 Å². The molecule has 11 heteroatoms. The molecule has 4 heterocycles. The molecule has 3 aromatic heterocycles. The molecule has 6 rings (SSSR count). The Bertz CT molecular complexity index is 2040. The van der Waals surface area contributed by atoms with Gasteiger partial charge in [0.1, 0.15) is 5.82 Å². The van der Waals surface area contributed by atoms with Gasteiger partial charge in [0, 0.05) is 77.5 Å². The number of nitrogens with one attached hydrogen (secondary N) is 1. The Morgan fingerprint density at radius 3 is 1.98 bits per heavy atom. The van der Waals surface area contributed by atoms with E-state index in [0.717, 1.165) is 88.5 Å². The Hall–Kier alpha value is -4.71. The molecule has 2 unspecified atom stereocenters. The molecule has 0 amide bonds. The summed E-state index contributed by atoms with van der Waals surface area (Å²) in [7, 11) is 6.98. The molecular formula is C40H52N6O5. The monoisotopic (exact) mass is 696 g/mol. The minimum absolute atomic E-state index is 0.0199. The smallest absolute Gasteiger partial charge is 0.253 e. The van der Waals surface area contributed by atoms with Gasteiger partial charge in [0.15, 0.2) is 0 Å². The predicted octanol–water partition coefficient (Wildman–Crippen LogP) is 6.03. The van der Waals surface area contributed by atoms with E-state index in [1.807, 2.05) is 63.5 Å². The van der Waals surface area contributed by atoms with Gasteiger partial charge in [0.25, 0.3) is 11.1 Å². The summed E-state index contributed by atoms with van der Waals surface area (Å²) in [6.45, 7) is 10.8. The molecular weight excluding hydrogens is 644 g/mol. The number of aromatic nitrogens is 4. The van der Waals surface area contributed by atoms with Gasteiger partial charge in [-0.05, 0) is 99.2 Å². The van der Waals surface area contributed by atoms with Crippen molar-refractivity contribution in [3.05, 3.63) is 98.6 Å². The zero-order chi connectivity index (χ0) is 36.8. The molecule has 0 saturated carbocycles. The van der Waals surface area contributed by atoms with E-state index in [0.29, 0.717) is 18.2 Å². The van der Waals surface area contributed by atoms with Gasteiger partial charge in [-0.15, -0.1) is 0 Å². The molecule has 1 fully saturated rings. The van der Waals surface area contributed by atoms with E-state index in [-0.39, 0.29) is 23.3 Å². The number of anilines is 2. The second kappa shape index (κ2) is 16.5. The van der Waals surface area contributed by atoms with Crippen LogP contribution >= 0.6 is 0 Å². The van der Waals surface area contributed by atoms with Crippen molar-refractivity contribution < 1.29 is 14.2 Å². The van der Waals surface area contributed by atoms with Crippen molar-refractivity contribution in [2.24, 2.45) is 14.1 Å². The van der Waals surface area contributed by atoms with Gasteiger partial charge in [-0.3, -0.25) is 9.59 Å². The number of nitrogen functional groups attached to an aromatic ring is 1. The molecule has 1 aliphatic heterocycles. The van der Waals surface area contributed by atoms with Crippen molar-refractivity contribution in [3.63, 3.8) is 0 Å². The molecule has 1 saturated heterocycles. The molecule has 0 radical (unpaired) electrons. The molecule has 3 N–H and O–H groups in total. The van der Waals surface area contributed by atoms with Gasteiger partial charge < -0.3 is 39.0 Å². The number of aryl methyl sites for hydroxylation is 4. The van der Waals surface area contributed by atoms with Crippen molar-refractivity contribution in [3.8, 4) is 22.3 Å². The van der Waals surface area contributed by atoms with E-state index in [1.54, 1.807) is 37.4 Å². The van der Waals surface area contributed by atoms with Crippen LogP contribution in [0.4, 0.5) is 11.4 Å². The summed E-state index contributed by atoms with van der Waals surface area (Å²) < 4.78 is 21.9. The van der Waals surface area contributed by atoms with E-state index in [9.17, 15) is 9.59 Å². The highest BCUT2D eigenvalue weighted by Crippen LogP contribution is 2.32. The number of hydrogen-bond acceptors (Lipinski definition) is 8. The maximum Gasteiger partial charge on any atom is 0.253 e. The lowest BCUT2D eigenvalue weighted by Gasteiger charge is -2.23. The van der Waals surface area contributed by atoms with Gasteiger partial charge >= 0.3 is 0 Å². The highest BCUT2D eigenvalue weighted by molar-refractivity contribution is 5.83. The molecule has 5 aromatic rings. The molecule has 0 bridgehead atoms. The number of nitrogens with two attached hydrogens (primary N) is 1. The molecule has 11 nitrogen and oxygen atoms in total. The van der Waals surface area contributed by atoms with Crippen LogP contribution in [0.2, 0.25) is 0 Å². The molecule has 0 aliphatic carbocycles. The fraction of sp³-hybridized carbons (Fsp3) is 0.425. The Labute approximate surface area is 300 Å². The van der Waals surface area contributed by atoms with Crippen LogP contribution in [0.5, 0.6) is 0 Å². The summed E-state index contributed by atoms with van der Waals surface area (Å²) in [6, 6.07) is 16.0. The topological polar surface area (TPSA) is 128 Å². The lowest BCUT2D eigenvalue weighted by atomic mass is 9.99. The van der Waals surface area contributed by atoms with Crippen LogP contribution in [0.3, 0.4) is 0 Å². The minimum atomic E-state index is 0.0199. The molecule has 2 aromatic carbocycles. The quantitative estimate of drug-likeness (QED) is 0.170. The van der Waals surface area contributed by atoms with Crippen LogP contribution in [-0.4, -0.2) is 64.9 Å². The first-order valence-corrected chi connectivity index (χ1v) is 17.5. The summed E-state index contributed by atoms with van der Waals surface area (Å²) in [6.07, 6.45) is 5.92. The first kappa shape index (κ1) is 37.5. The summed E-state index contributed by atoms with van der Waals surface area (Å²) in [5.74, 6) is 1.53. The number of ether oxygens (including phenoxy) is 3. The lowest BCUT2D eigenvalue weighted by Crippen LogP contribution is -2.21. The second-order valence-corrected chi connectivity index (χ2v) is 13.6. The van der Waals surface area contributed by atoms with E-state index in [1.165, 1.54) is 0 Å². The van der Waals surface area contributed by atoms with Crippen molar-refractivity contribution in [2.75, 3.05) is 45.0 Å². The third-order valence-electron chi connectivity index (χ3n) is 9.63. The molecule has 51 heavy (non-hydrogen) atoms. The molecule has 2 atom stereocenters. The van der Waals surface area contributed by atoms with E-state index < -0.39 is 0 Å². The standard InChI is InChI=1S/C23H29N3O3.C17H23N3O2/c1-15-11-19(14-25(3)23(15)27)18-5-6-20-21(12-18)26(13-16(2)28-4)22(24-20)17-7-9-29-10-8-17;1-11-7-14(10-20(3)17(11)21)13-5-6-15(18)16(8-13)19-9-12(2)22-4/h5-6,11-12,14,16-17H,7-10,13H2,1-4H3;5-8,10,12,19H,9,18H2,1-4H3. The number of fused-ring (bicyclic) bond motifs is 1. The summed E-state index contributed by atoms with van der Waals surface area (Å²) >= 11 is 0. The van der Waals surface area contributed by atoms with Gasteiger partial charge in [-0.2, -0.15) is 0 Å². The number of benzene rings is 2. The van der Waals surface area contributed by atoms with Crippen LogP contribution < -0.4 is 22.2 Å². The first-order chi connectivity index (χ1) is 24.4. The van der Waals surface area contributed by atoms with Crippen molar-refractivity contribution in [2.45, 2.75) is 65.2 Å². The zero-order valence-corrected chi connectivity index (χ0v) is 31.2. The lowest BCUT2D eigenvalue weighted by molar-refractivity contribution is 0.0799. The summed E-state index contributed by atoms with van der Waals surface area (Å²) in [5, 5.41) is 3.30. The normalized spacial score (nSPS) is 14.6. The summed E-state index contributed by atoms with van der Waals surface area (Å²) in [4.78, 5) is 28.9. The molecule has 1 aliphatic rings. The average Bonchev–Trinajstić information content (AvgIpc) is 3.49. The van der Waals surface area contributed by atoms with Crippen molar-refractivity contribution in [1.29, 1.82) is 0 Å². The van der Waals surface area contributed by atoms with Crippen LogP contribution in [0, 0.1) is 13.8 Å². The van der Waals surface area contributed by atoms with Gasteiger partial charge in [-0.1, -0.05) is 12.1 Å². The number of methoxy groups -OCH3 is 2. The van der Waals surface area contributed by atoms with Crippen LogP contribution in [0.1, 0.15) is 49.6 Å². The van der Waals surface area contributed by atoms with Gasteiger partial charge in [0.2, 0.25) is 0 Å². The maximum absolute atomic E-state index is 12.1. The fourth-order valence-corrected chi connectivity index (χ4v) is 6.41. The molecule has 0 spiro atoms. The Morgan fingerprint density at radius 1 is 0.843 bits per heavy atom. The predicted molar refractivity (Wildman–Crippen MR) is 206 cm³/mol. The number of hydrogen-bond donors (Lipinski definition) is 2. The maximum atomic E-state index is 12.1. The number of pyridine rings is 2. The number of rotatable bonds is 10. The Balaban J connectivity index is 0.000000206. The molecule has 272 valence electrons. The number of imidazole rings is 1. The third-order valence-corrected chi connectivity index (χ3v) is 9.63. The van der Waals surface area contributed by atoms with Crippen LogP contribution in [0.25, 0.3) is 33.3 Å². The fourth-order valence-electron chi connectivity index (χ4n) is 6.41. The summed E-state index contributed by atoms with van der Waals surface area (Å²) in [5.41, 5.74) is 15.3. The largest absolute Gasteiger partial charge is 0.397 e. The first-order valence-electron chi connectivity index (χ1n) is 17.5. The minimum Gasteiger partial charge on any atom is -0.397 e. The van der Waals surface area contributed by atoms with Crippen LogP contribution in [-0.2, 0) is 34.9 Å². The van der Waals surface area contributed by atoms with Gasteiger partial charge in [0.05, 0.1) is 41.2 Å². The Kier molecular flexibility index (Phi) is 12.2. The van der Waals surface area contributed by atoms with Gasteiger partial charge in [-0.25, -0.2) is 4.98 Å². The Morgan fingerprint density at radius 2 is 1.41 bits per heavy atom. The van der Waals surface area contributed by atoms with E-state index in [2.05, 4.69) is 35.0 Å². The van der Waals surface area contributed by atoms with Crippen molar-refractivity contribution in [1.82, 2.24) is 18.7 Å². The second-order valence-electron chi connectivity index (χ2n) is 13.6. The highest BCUT2D eigenvalue weighted by atomic mass is 16.5. The average molecular weight is 697 g/mol.